The molecule has 0 atom stereocenters. The lowest BCUT2D eigenvalue weighted by molar-refractivity contribution is 0.123. The largest absolute Gasteiger partial charge is 0.378 e. The van der Waals surface area contributed by atoms with E-state index in [2.05, 4.69) is 4.72 Å². The molecular formula is C18H19ClN4O5S2. The van der Waals surface area contributed by atoms with Gasteiger partial charge in [0.15, 0.2) is 0 Å². The van der Waals surface area contributed by atoms with Gasteiger partial charge in [-0.2, -0.15) is 0 Å². The predicted octanol–water partition coefficient (Wildman–Crippen LogP) is 1.59. The van der Waals surface area contributed by atoms with E-state index in [0.29, 0.717) is 53.0 Å². The molecule has 1 aliphatic heterocycles. The number of halogens is 1. The van der Waals surface area contributed by atoms with Gasteiger partial charge in [0.05, 0.1) is 40.0 Å². The van der Waals surface area contributed by atoms with Crippen molar-refractivity contribution in [2.24, 2.45) is 14.1 Å². The van der Waals surface area contributed by atoms with Crippen molar-refractivity contribution < 1.29 is 13.2 Å². The standard InChI is InChI=1S/C18H19ClN4O5S2/c1-21-13-9-11(20-30(26,27)16-4-3-15(19)29-16)12(23-5-7-28-8-6-23)10-14(13)22(2)18(25)17(21)24/h3-4,9-10,20H,5-8H2,1-2H3. The van der Waals surface area contributed by atoms with Gasteiger partial charge in [0, 0.05) is 27.2 Å². The third kappa shape index (κ3) is 3.62. The molecule has 12 heteroatoms. The van der Waals surface area contributed by atoms with Gasteiger partial charge in [0.1, 0.15) is 4.21 Å². The zero-order chi connectivity index (χ0) is 21.6. The fraction of sp³-hybridized carbons (Fsp3) is 0.333. The number of morpholine rings is 1. The topological polar surface area (TPSA) is 103 Å². The summed E-state index contributed by atoms with van der Waals surface area (Å²) in [6.45, 7) is 2.11. The summed E-state index contributed by atoms with van der Waals surface area (Å²) in [6, 6.07) is 6.25. The smallest absolute Gasteiger partial charge is 0.316 e. The molecule has 1 aromatic carbocycles. The van der Waals surface area contributed by atoms with Crippen LogP contribution in [0.1, 0.15) is 0 Å². The summed E-state index contributed by atoms with van der Waals surface area (Å²) >= 11 is 6.85. The Morgan fingerprint density at radius 2 is 1.63 bits per heavy atom. The van der Waals surface area contributed by atoms with Crippen LogP contribution >= 0.6 is 22.9 Å². The molecule has 30 heavy (non-hydrogen) atoms. The van der Waals surface area contributed by atoms with E-state index in [9.17, 15) is 18.0 Å². The first-order valence-electron chi connectivity index (χ1n) is 9.03. The number of rotatable bonds is 4. The molecule has 0 amide bonds. The first kappa shape index (κ1) is 20.9. The monoisotopic (exact) mass is 470 g/mol. The quantitative estimate of drug-likeness (QED) is 0.581. The van der Waals surface area contributed by atoms with Crippen LogP contribution in [0.4, 0.5) is 11.4 Å². The maximum Gasteiger partial charge on any atom is 0.316 e. The zero-order valence-electron chi connectivity index (χ0n) is 16.2. The molecule has 0 bridgehead atoms. The highest BCUT2D eigenvalue weighted by molar-refractivity contribution is 7.94. The van der Waals surface area contributed by atoms with Gasteiger partial charge in [-0.05, 0) is 24.3 Å². The molecule has 160 valence electrons. The summed E-state index contributed by atoms with van der Waals surface area (Å²) in [5.41, 5.74) is 0.516. The molecule has 1 saturated heterocycles. The van der Waals surface area contributed by atoms with Crippen LogP contribution < -0.4 is 20.7 Å². The lowest BCUT2D eigenvalue weighted by atomic mass is 10.2. The Bertz CT molecular complexity index is 1350. The van der Waals surface area contributed by atoms with Gasteiger partial charge < -0.3 is 18.8 Å². The van der Waals surface area contributed by atoms with Crippen molar-refractivity contribution in [1.82, 2.24) is 9.13 Å². The maximum absolute atomic E-state index is 12.9. The average Bonchev–Trinajstić information content (AvgIpc) is 3.18. The molecule has 1 fully saturated rings. The van der Waals surface area contributed by atoms with Crippen LogP contribution in [0.15, 0.2) is 38.1 Å². The summed E-state index contributed by atoms with van der Waals surface area (Å²) in [7, 11) is -0.889. The second kappa shape index (κ2) is 7.73. The molecule has 0 saturated carbocycles. The number of hydrogen-bond acceptors (Lipinski definition) is 7. The van der Waals surface area contributed by atoms with E-state index in [0.717, 1.165) is 11.3 Å². The Hall–Kier alpha value is -2.34. The van der Waals surface area contributed by atoms with Crippen molar-refractivity contribution in [2.75, 3.05) is 35.9 Å². The second-order valence-corrected chi connectivity index (χ2v) is 10.5. The van der Waals surface area contributed by atoms with E-state index in [-0.39, 0.29) is 4.21 Å². The number of aryl methyl sites for hydroxylation is 2. The van der Waals surface area contributed by atoms with Gasteiger partial charge in [-0.25, -0.2) is 8.42 Å². The molecule has 0 unspecified atom stereocenters. The van der Waals surface area contributed by atoms with E-state index in [1.54, 1.807) is 12.1 Å². The molecule has 2 aromatic heterocycles. The number of anilines is 2. The van der Waals surface area contributed by atoms with Gasteiger partial charge in [-0.1, -0.05) is 11.6 Å². The number of nitrogens with one attached hydrogen (secondary N) is 1. The lowest BCUT2D eigenvalue weighted by Crippen LogP contribution is -2.40. The number of sulfonamides is 1. The van der Waals surface area contributed by atoms with Gasteiger partial charge in [0.25, 0.3) is 10.0 Å². The van der Waals surface area contributed by atoms with Crippen molar-refractivity contribution >= 4 is 55.4 Å². The van der Waals surface area contributed by atoms with E-state index in [1.165, 1.54) is 35.4 Å². The number of hydrogen-bond donors (Lipinski definition) is 1. The number of nitrogens with zero attached hydrogens (tertiary/aromatic N) is 3. The van der Waals surface area contributed by atoms with Crippen molar-refractivity contribution in [3.05, 3.63) is 49.3 Å². The van der Waals surface area contributed by atoms with Crippen LogP contribution in [0.25, 0.3) is 11.0 Å². The van der Waals surface area contributed by atoms with Gasteiger partial charge in [-0.3, -0.25) is 14.3 Å². The summed E-state index contributed by atoms with van der Waals surface area (Å²) in [4.78, 5) is 26.5. The van der Waals surface area contributed by atoms with E-state index >= 15 is 0 Å². The Kier molecular flexibility index (Phi) is 5.39. The fourth-order valence-electron chi connectivity index (χ4n) is 3.39. The third-order valence-corrected chi connectivity index (χ3v) is 8.11. The van der Waals surface area contributed by atoms with Crippen molar-refractivity contribution in [3.8, 4) is 0 Å². The van der Waals surface area contributed by atoms with Crippen LogP contribution in [0, 0.1) is 0 Å². The molecular weight excluding hydrogens is 452 g/mol. The Morgan fingerprint density at radius 1 is 1.03 bits per heavy atom. The van der Waals surface area contributed by atoms with Crippen molar-refractivity contribution in [2.45, 2.75) is 4.21 Å². The van der Waals surface area contributed by atoms with Crippen molar-refractivity contribution in [1.29, 1.82) is 0 Å². The van der Waals surface area contributed by atoms with E-state index in [1.807, 2.05) is 4.90 Å². The molecule has 0 spiro atoms. The third-order valence-electron chi connectivity index (χ3n) is 5.02. The summed E-state index contributed by atoms with van der Waals surface area (Å²) in [5, 5.41) is 0. The van der Waals surface area contributed by atoms with Gasteiger partial charge in [0.2, 0.25) is 0 Å². The highest BCUT2D eigenvalue weighted by atomic mass is 35.5. The molecule has 3 aromatic rings. The SMILES string of the molecule is Cn1c(=O)c(=O)n(C)c2cc(N3CCOCC3)c(NS(=O)(=O)c3ccc(Cl)s3)cc21. The number of benzene rings is 1. The number of thiophene rings is 1. The first-order valence-corrected chi connectivity index (χ1v) is 11.7. The van der Waals surface area contributed by atoms with Crippen molar-refractivity contribution in [3.63, 3.8) is 0 Å². The van der Waals surface area contributed by atoms with Crippen LogP contribution in [-0.4, -0.2) is 43.9 Å². The van der Waals surface area contributed by atoms with Crippen LogP contribution in [0.3, 0.4) is 0 Å². The Morgan fingerprint density at radius 3 is 2.20 bits per heavy atom. The summed E-state index contributed by atoms with van der Waals surface area (Å²) in [5.74, 6) is 0. The molecule has 1 N–H and O–H groups in total. The van der Waals surface area contributed by atoms with E-state index < -0.39 is 21.1 Å². The Labute approximate surface area is 181 Å². The first-order chi connectivity index (χ1) is 14.2. The van der Waals surface area contributed by atoms with Crippen LogP contribution in [0.2, 0.25) is 4.34 Å². The number of ether oxygens (including phenoxy) is 1. The van der Waals surface area contributed by atoms with Gasteiger partial charge in [-0.15, -0.1) is 11.3 Å². The van der Waals surface area contributed by atoms with Crippen LogP contribution in [-0.2, 0) is 28.9 Å². The lowest BCUT2D eigenvalue weighted by Gasteiger charge is -2.31. The predicted molar refractivity (Wildman–Crippen MR) is 118 cm³/mol. The van der Waals surface area contributed by atoms with Crippen LogP contribution in [0.5, 0.6) is 0 Å². The molecule has 0 radical (unpaired) electrons. The second-order valence-electron chi connectivity index (χ2n) is 6.85. The molecule has 0 aliphatic carbocycles. The minimum atomic E-state index is -3.89. The fourth-order valence-corrected chi connectivity index (χ4v) is 5.94. The minimum Gasteiger partial charge on any atom is -0.378 e. The average molecular weight is 471 g/mol. The molecule has 9 nitrogen and oxygen atoms in total. The zero-order valence-corrected chi connectivity index (χ0v) is 18.6. The number of fused-ring (bicyclic) bond motifs is 1. The van der Waals surface area contributed by atoms with Gasteiger partial charge >= 0.3 is 11.1 Å². The maximum atomic E-state index is 12.9. The molecule has 1 aliphatic rings. The molecule has 4 rings (SSSR count). The highest BCUT2D eigenvalue weighted by Gasteiger charge is 2.23. The summed E-state index contributed by atoms with van der Waals surface area (Å²) < 4.78 is 36.8. The minimum absolute atomic E-state index is 0.0786. The summed E-state index contributed by atoms with van der Waals surface area (Å²) in [6.07, 6.45) is 0. The normalized spacial score (nSPS) is 15.0. The molecule has 3 heterocycles. The Balaban J connectivity index is 1.94. The highest BCUT2D eigenvalue weighted by Crippen LogP contribution is 2.34. The van der Waals surface area contributed by atoms with E-state index in [4.69, 9.17) is 16.3 Å². The number of aromatic nitrogens is 2.